The van der Waals surface area contributed by atoms with E-state index in [-0.39, 0.29) is 0 Å². The molecule has 4 heteroatoms. The predicted molar refractivity (Wildman–Crippen MR) is 42.7 cm³/mol. The molecule has 0 aromatic heterocycles. The molecule has 0 aliphatic carbocycles. The highest BCUT2D eigenvalue weighted by Gasteiger charge is 2.19. The standard InChI is InChI=1S/C8H12FNO2/c9-7-3-5-10(6-7)4-1-2-8(11)12/h1-2,7H,3-6H2,(H,11,12)/b2-1+/t7-/m0/s1. The van der Waals surface area contributed by atoms with Crippen LogP contribution in [-0.2, 0) is 4.79 Å². The molecule has 1 saturated heterocycles. The lowest BCUT2D eigenvalue weighted by Gasteiger charge is -2.09. The average molecular weight is 173 g/mol. The largest absolute Gasteiger partial charge is 0.478 e. The third-order valence-electron chi connectivity index (χ3n) is 1.84. The van der Waals surface area contributed by atoms with Crippen LogP contribution in [0.5, 0.6) is 0 Å². The number of carbonyl (C=O) groups is 1. The van der Waals surface area contributed by atoms with Gasteiger partial charge in [-0.15, -0.1) is 0 Å². The molecule has 0 saturated carbocycles. The van der Waals surface area contributed by atoms with Crippen molar-refractivity contribution in [3.8, 4) is 0 Å². The van der Waals surface area contributed by atoms with Crippen molar-refractivity contribution in [1.29, 1.82) is 0 Å². The number of hydrogen-bond acceptors (Lipinski definition) is 2. The number of hydrogen-bond donors (Lipinski definition) is 1. The molecule has 68 valence electrons. The van der Waals surface area contributed by atoms with Crippen LogP contribution in [0.25, 0.3) is 0 Å². The van der Waals surface area contributed by atoms with Crippen molar-refractivity contribution >= 4 is 5.97 Å². The minimum atomic E-state index is -0.953. The van der Waals surface area contributed by atoms with E-state index in [0.717, 1.165) is 12.6 Å². The lowest BCUT2D eigenvalue weighted by molar-refractivity contribution is -0.131. The van der Waals surface area contributed by atoms with Gasteiger partial charge in [-0.1, -0.05) is 6.08 Å². The summed E-state index contributed by atoms with van der Waals surface area (Å²) in [7, 11) is 0. The zero-order chi connectivity index (χ0) is 8.97. The maximum Gasteiger partial charge on any atom is 0.328 e. The predicted octanol–water partition coefficient (Wildman–Crippen LogP) is 0.671. The number of carboxylic acid groups (broad SMARTS) is 1. The number of alkyl halides is 1. The number of halogens is 1. The van der Waals surface area contributed by atoms with Gasteiger partial charge in [-0.3, -0.25) is 4.90 Å². The highest BCUT2D eigenvalue weighted by atomic mass is 19.1. The number of likely N-dealkylation sites (tertiary alicyclic amines) is 1. The molecule has 0 bridgehead atoms. The molecular formula is C8H12FNO2. The van der Waals surface area contributed by atoms with Crippen molar-refractivity contribution in [2.75, 3.05) is 19.6 Å². The van der Waals surface area contributed by atoms with Gasteiger partial charge in [-0.2, -0.15) is 0 Å². The van der Waals surface area contributed by atoms with Gasteiger partial charge in [0.1, 0.15) is 6.17 Å². The van der Waals surface area contributed by atoms with Crippen molar-refractivity contribution in [3.63, 3.8) is 0 Å². The molecule has 3 nitrogen and oxygen atoms in total. The quantitative estimate of drug-likeness (QED) is 0.638. The molecule has 0 spiro atoms. The second kappa shape index (κ2) is 4.21. The molecule has 1 aliphatic rings. The summed E-state index contributed by atoms with van der Waals surface area (Å²) >= 11 is 0. The minimum Gasteiger partial charge on any atom is -0.478 e. The zero-order valence-corrected chi connectivity index (χ0v) is 6.74. The second-order valence-electron chi connectivity index (χ2n) is 2.89. The van der Waals surface area contributed by atoms with Crippen LogP contribution in [0.1, 0.15) is 6.42 Å². The van der Waals surface area contributed by atoms with E-state index in [1.807, 2.05) is 4.90 Å². The number of rotatable bonds is 3. The Bertz CT molecular complexity index is 193. The Morgan fingerprint density at radius 1 is 1.75 bits per heavy atom. The summed E-state index contributed by atoms with van der Waals surface area (Å²) in [6.07, 6.45) is 2.47. The fourth-order valence-electron chi connectivity index (χ4n) is 1.25. The maximum atomic E-state index is 12.6. The van der Waals surface area contributed by atoms with E-state index in [0.29, 0.717) is 19.5 Å². The minimum absolute atomic E-state index is 0.434. The van der Waals surface area contributed by atoms with Crippen molar-refractivity contribution in [1.82, 2.24) is 4.90 Å². The highest BCUT2D eigenvalue weighted by Crippen LogP contribution is 2.11. The van der Waals surface area contributed by atoms with Crippen LogP contribution in [0.15, 0.2) is 12.2 Å². The maximum absolute atomic E-state index is 12.6. The smallest absolute Gasteiger partial charge is 0.328 e. The van der Waals surface area contributed by atoms with Crippen LogP contribution in [0.2, 0.25) is 0 Å². The van der Waals surface area contributed by atoms with Crippen LogP contribution in [0.4, 0.5) is 4.39 Å². The first kappa shape index (κ1) is 9.19. The average Bonchev–Trinajstić information content (AvgIpc) is 2.35. The van der Waals surface area contributed by atoms with Gasteiger partial charge in [-0.25, -0.2) is 9.18 Å². The van der Waals surface area contributed by atoms with Crippen LogP contribution in [-0.4, -0.2) is 41.8 Å². The molecule has 0 aromatic carbocycles. The normalized spacial score (nSPS) is 25.2. The number of carboxylic acids is 1. The molecular weight excluding hydrogens is 161 g/mol. The molecule has 0 radical (unpaired) electrons. The van der Waals surface area contributed by atoms with Gasteiger partial charge in [0, 0.05) is 25.7 Å². The Morgan fingerprint density at radius 3 is 3.00 bits per heavy atom. The summed E-state index contributed by atoms with van der Waals surface area (Å²) in [5.74, 6) is -0.953. The lowest BCUT2D eigenvalue weighted by Crippen LogP contribution is -2.20. The first-order valence-corrected chi connectivity index (χ1v) is 3.94. The first-order valence-electron chi connectivity index (χ1n) is 3.94. The van der Waals surface area contributed by atoms with Gasteiger partial charge >= 0.3 is 5.97 Å². The summed E-state index contributed by atoms with van der Waals surface area (Å²) in [6, 6.07) is 0. The fraction of sp³-hybridized carbons (Fsp3) is 0.625. The van der Waals surface area contributed by atoms with Crippen molar-refractivity contribution in [3.05, 3.63) is 12.2 Å². The molecule has 1 fully saturated rings. The monoisotopic (exact) mass is 173 g/mol. The summed E-state index contributed by atoms with van der Waals surface area (Å²) in [4.78, 5) is 12.0. The molecule has 0 unspecified atom stereocenters. The highest BCUT2D eigenvalue weighted by molar-refractivity contribution is 5.79. The Kier molecular flexibility index (Phi) is 3.22. The molecule has 1 rings (SSSR count). The Labute approximate surface area is 70.5 Å². The SMILES string of the molecule is O=C(O)/C=C/CN1CC[C@H](F)C1. The molecule has 1 N–H and O–H groups in total. The van der Waals surface area contributed by atoms with Gasteiger partial charge in [-0.05, 0) is 6.42 Å². The van der Waals surface area contributed by atoms with Crippen LogP contribution < -0.4 is 0 Å². The zero-order valence-electron chi connectivity index (χ0n) is 6.74. The van der Waals surface area contributed by atoms with Gasteiger partial charge in [0.25, 0.3) is 0 Å². The van der Waals surface area contributed by atoms with E-state index in [1.54, 1.807) is 6.08 Å². The molecule has 0 aromatic rings. The molecule has 1 atom stereocenters. The Morgan fingerprint density at radius 2 is 2.50 bits per heavy atom. The van der Waals surface area contributed by atoms with Gasteiger partial charge in [0.2, 0.25) is 0 Å². The number of nitrogens with zero attached hydrogens (tertiary/aromatic N) is 1. The van der Waals surface area contributed by atoms with E-state index < -0.39 is 12.1 Å². The van der Waals surface area contributed by atoms with Crippen LogP contribution in [0, 0.1) is 0 Å². The van der Waals surface area contributed by atoms with E-state index in [4.69, 9.17) is 5.11 Å². The Balaban J connectivity index is 2.20. The third kappa shape index (κ3) is 3.00. The summed E-state index contributed by atoms with van der Waals surface area (Å²) < 4.78 is 12.6. The first-order chi connectivity index (χ1) is 5.68. The molecule has 1 aliphatic heterocycles. The van der Waals surface area contributed by atoms with Crippen LogP contribution in [0.3, 0.4) is 0 Å². The van der Waals surface area contributed by atoms with Crippen molar-refractivity contribution in [2.24, 2.45) is 0 Å². The summed E-state index contributed by atoms with van der Waals surface area (Å²) in [5, 5.41) is 8.26. The van der Waals surface area contributed by atoms with E-state index in [9.17, 15) is 9.18 Å². The van der Waals surface area contributed by atoms with Gasteiger partial charge in [0.05, 0.1) is 0 Å². The third-order valence-corrected chi connectivity index (χ3v) is 1.84. The summed E-state index contributed by atoms with van der Waals surface area (Å²) in [6.45, 7) is 1.70. The van der Waals surface area contributed by atoms with Gasteiger partial charge in [0.15, 0.2) is 0 Å². The van der Waals surface area contributed by atoms with Gasteiger partial charge < -0.3 is 5.11 Å². The molecule has 12 heavy (non-hydrogen) atoms. The topological polar surface area (TPSA) is 40.5 Å². The van der Waals surface area contributed by atoms with Crippen molar-refractivity contribution in [2.45, 2.75) is 12.6 Å². The lowest BCUT2D eigenvalue weighted by atomic mass is 10.3. The Hall–Kier alpha value is -0.900. The fourth-order valence-corrected chi connectivity index (χ4v) is 1.25. The van der Waals surface area contributed by atoms with E-state index in [1.165, 1.54) is 0 Å². The van der Waals surface area contributed by atoms with Crippen LogP contribution >= 0.6 is 0 Å². The van der Waals surface area contributed by atoms with E-state index in [2.05, 4.69) is 0 Å². The second-order valence-corrected chi connectivity index (χ2v) is 2.89. The van der Waals surface area contributed by atoms with Crippen molar-refractivity contribution < 1.29 is 14.3 Å². The summed E-state index contributed by atoms with van der Waals surface area (Å²) in [5.41, 5.74) is 0. The van der Waals surface area contributed by atoms with E-state index >= 15 is 0 Å². The molecule has 1 heterocycles. The number of aliphatic carboxylic acids is 1. The molecule has 0 amide bonds.